The zero-order chi connectivity index (χ0) is 26.0. The molecule has 3 aromatic heterocycles. The van der Waals surface area contributed by atoms with Crippen molar-refractivity contribution in [2.45, 2.75) is 43.9 Å². The van der Waals surface area contributed by atoms with Gasteiger partial charge in [0.1, 0.15) is 23.2 Å². The SMILES string of the molecule is CC(C)(O)C(=O)NCCCn1c(SC2=COC(c3ccccc3-c3nccs3)O2)nc2c(N)ncnc21. The maximum absolute atomic E-state index is 12.0. The Morgan fingerprint density at radius 2 is 2.14 bits per heavy atom. The van der Waals surface area contributed by atoms with Crippen molar-refractivity contribution in [3.05, 3.63) is 59.1 Å². The molecule has 4 N–H and O–H groups in total. The standard InChI is InChI=1S/C24H25N7O4S2/c1-24(2,33)22(32)27-8-5-10-31-19-17(18(25)28-13-29-19)30-23(31)37-16-12-34-21(35-16)15-7-4-3-6-14(15)20-26-9-11-36-20/h3-4,6-7,9,11-13,21,33H,5,8,10H2,1-2H3,(H,27,32)(H2,25,28,29). The normalized spacial score (nSPS) is 15.3. The van der Waals surface area contributed by atoms with E-state index in [4.69, 9.17) is 15.2 Å². The van der Waals surface area contributed by atoms with Gasteiger partial charge in [-0.1, -0.05) is 24.3 Å². The molecule has 0 saturated carbocycles. The highest BCUT2D eigenvalue weighted by Gasteiger charge is 2.28. The number of fused-ring (bicyclic) bond motifs is 1. The van der Waals surface area contributed by atoms with Crippen LogP contribution in [0.3, 0.4) is 0 Å². The molecule has 0 fully saturated rings. The van der Waals surface area contributed by atoms with E-state index < -0.39 is 17.8 Å². The maximum Gasteiger partial charge on any atom is 0.268 e. The zero-order valence-corrected chi connectivity index (χ0v) is 21.8. The summed E-state index contributed by atoms with van der Waals surface area (Å²) in [7, 11) is 0. The van der Waals surface area contributed by atoms with E-state index in [9.17, 15) is 9.90 Å². The lowest BCUT2D eigenvalue weighted by molar-refractivity contribution is -0.136. The minimum absolute atomic E-state index is 0.272. The number of hydrogen-bond donors (Lipinski definition) is 3. The van der Waals surface area contributed by atoms with Crippen LogP contribution in [0.25, 0.3) is 21.7 Å². The quantitative estimate of drug-likeness (QED) is 0.270. The molecule has 0 saturated heterocycles. The van der Waals surface area contributed by atoms with Gasteiger partial charge in [-0.15, -0.1) is 11.3 Å². The molecule has 4 heterocycles. The van der Waals surface area contributed by atoms with Crippen molar-refractivity contribution in [2.24, 2.45) is 0 Å². The highest BCUT2D eigenvalue weighted by molar-refractivity contribution is 8.02. The smallest absolute Gasteiger partial charge is 0.268 e. The third kappa shape index (κ3) is 5.38. The Morgan fingerprint density at radius 3 is 2.92 bits per heavy atom. The second-order valence-corrected chi connectivity index (χ2v) is 10.6. The summed E-state index contributed by atoms with van der Waals surface area (Å²) in [5.74, 6) is -0.163. The molecule has 11 nitrogen and oxygen atoms in total. The van der Waals surface area contributed by atoms with E-state index >= 15 is 0 Å². The average Bonchev–Trinajstić information content (AvgIpc) is 3.63. The summed E-state index contributed by atoms with van der Waals surface area (Å²) >= 11 is 2.83. The number of nitrogens with one attached hydrogen (secondary N) is 1. The third-order valence-corrected chi connectivity index (χ3v) is 7.20. The molecule has 1 aliphatic heterocycles. The molecule has 13 heteroatoms. The summed E-state index contributed by atoms with van der Waals surface area (Å²) in [6.45, 7) is 3.75. The molecule has 5 rings (SSSR count). The van der Waals surface area contributed by atoms with Crippen LogP contribution in [-0.4, -0.2) is 47.7 Å². The Hall–Kier alpha value is -3.68. The van der Waals surface area contributed by atoms with Gasteiger partial charge in [-0.3, -0.25) is 4.79 Å². The zero-order valence-electron chi connectivity index (χ0n) is 20.1. The van der Waals surface area contributed by atoms with Crippen LogP contribution in [0.15, 0.2) is 58.7 Å². The fraction of sp³-hybridized carbons (Fsp3) is 0.292. The number of nitrogen functional groups attached to an aromatic ring is 1. The Morgan fingerprint density at radius 1 is 1.30 bits per heavy atom. The number of rotatable bonds is 9. The number of amides is 1. The molecule has 4 aromatic rings. The van der Waals surface area contributed by atoms with Crippen LogP contribution in [0.5, 0.6) is 0 Å². The topological polar surface area (TPSA) is 150 Å². The van der Waals surface area contributed by atoms with E-state index in [-0.39, 0.29) is 5.82 Å². The molecule has 37 heavy (non-hydrogen) atoms. The van der Waals surface area contributed by atoms with Crippen LogP contribution in [0, 0.1) is 0 Å². The maximum atomic E-state index is 12.0. The number of aliphatic hydroxyl groups is 1. The molecular weight excluding hydrogens is 514 g/mol. The van der Waals surface area contributed by atoms with E-state index in [0.717, 1.165) is 16.1 Å². The monoisotopic (exact) mass is 539 g/mol. The lowest BCUT2D eigenvalue weighted by Crippen LogP contribution is -2.42. The first-order valence-electron chi connectivity index (χ1n) is 11.5. The van der Waals surface area contributed by atoms with Gasteiger partial charge >= 0.3 is 0 Å². The number of aryl methyl sites for hydroxylation is 1. The van der Waals surface area contributed by atoms with Crippen LogP contribution < -0.4 is 11.1 Å². The highest BCUT2D eigenvalue weighted by Crippen LogP contribution is 2.41. The number of aromatic nitrogens is 5. The van der Waals surface area contributed by atoms with Crippen molar-refractivity contribution in [1.82, 2.24) is 29.8 Å². The molecule has 0 aliphatic carbocycles. The van der Waals surface area contributed by atoms with E-state index in [2.05, 4.69) is 25.3 Å². The van der Waals surface area contributed by atoms with Crippen molar-refractivity contribution in [3.8, 4) is 10.6 Å². The number of nitrogens with two attached hydrogens (primary N) is 1. The van der Waals surface area contributed by atoms with Gasteiger partial charge in [0.25, 0.3) is 12.2 Å². The van der Waals surface area contributed by atoms with E-state index in [1.165, 1.54) is 31.9 Å². The molecule has 0 radical (unpaired) electrons. The highest BCUT2D eigenvalue weighted by atomic mass is 32.2. The Balaban J connectivity index is 1.32. The number of carbonyl (C=O) groups excluding carboxylic acids is 1. The molecule has 1 atom stereocenters. The number of ether oxygens (including phenoxy) is 2. The van der Waals surface area contributed by atoms with Crippen LogP contribution in [-0.2, 0) is 20.8 Å². The van der Waals surface area contributed by atoms with E-state index in [0.29, 0.717) is 40.9 Å². The van der Waals surface area contributed by atoms with Crippen LogP contribution in [0.4, 0.5) is 5.82 Å². The number of thiazole rings is 1. The predicted octanol–water partition coefficient (Wildman–Crippen LogP) is 3.45. The average molecular weight is 540 g/mol. The minimum atomic E-state index is -1.44. The van der Waals surface area contributed by atoms with Gasteiger partial charge in [0, 0.05) is 35.8 Å². The molecular formula is C24H25N7O4S2. The van der Waals surface area contributed by atoms with Crippen molar-refractivity contribution in [1.29, 1.82) is 0 Å². The van der Waals surface area contributed by atoms with Gasteiger partial charge in [0.15, 0.2) is 22.1 Å². The Bertz CT molecular complexity index is 1450. The van der Waals surface area contributed by atoms with Crippen molar-refractivity contribution in [3.63, 3.8) is 0 Å². The van der Waals surface area contributed by atoms with Crippen molar-refractivity contribution in [2.75, 3.05) is 12.3 Å². The van der Waals surface area contributed by atoms with Crippen LogP contribution in [0.2, 0.25) is 0 Å². The number of benzene rings is 1. The first-order valence-corrected chi connectivity index (χ1v) is 13.2. The summed E-state index contributed by atoms with van der Waals surface area (Å²) in [6, 6.07) is 7.83. The molecule has 0 bridgehead atoms. The second-order valence-electron chi connectivity index (χ2n) is 8.69. The number of carbonyl (C=O) groups is 1. The fourth-order valence-corrected chi connectivity index (χ4v) is 5.21. The number of imidazole rings is 1. The largest absolute Gasteiger partial charge is 0.454 e. The lowest BCUT2D eigenvalue weighted by atomic mass is 10.1. The van der Waals surface area contributed by atoms with Crippen LogP contribution in [0.1, 0.15) is 32.1 Å². The summed E-state index contributed by atoms with van der Waals surface area (Å²) in [5, 5.41) is 16.5. The summed E-state index contributed by atoms with van der Waals surface area (Å²) in [6.07, 6.45) is 4.67. The minimum Gasteiger partial charge on any atom is -0.454 e. The van der Waals surface area contributed by atoms with Gasteiger partial charge in [0.2, 0.25) is 5.09 Å². The van der Waals surface area contributed by atoms with Crippen LogP contribution >= 0.6 is 23.1 Å². The number of anilines is 1. The molecule has 192 valence electrons. The Kier molecular flexibility index (Phi) is 7.00. The summed E-state index contributed by atoms with van der Waals surface area (Å²) < 4.78 is 13.9. The van der Waals surface area contributed by atoms with Crippen molar-refractivity contribution < 1.29 is 19.4 Å². The predicted molar refractivity (Wildman–Crippen MR) is 140 cm³/mol. The van der Waals surface area contributed by atoms with E-state index in [1.54, 1.807) is 23.8 Å². The first kappa shape index (κ1) is 25.0. The van der Waals surface area contributed by atoms with Gasteiger partial charge in [0.05, 0.1) is 0 Å². The lowest BCUT2D eigenvalue weighted by Gasteiger charge is -2.17. The Labute approximate surface area is 220 Å². The summed E-state index contributed by atoms with van der Waals surface area (Å²) in [5.41, 5.74) is 7.49. The molecule has 1 aliphatic rings. The number of hydrogen-bond acceptors (Lipinski definition) is 11. The van der Waals surface area contributed by atoms with Gasteiger partial charge in [-0.05, 0) is 32.0 Å². The molecule has 1 amide bonds. The number of thioether (sulfide) groups is 1. The van der Waals surface area contributed by atoms with Gasteiger partial charge < -0.3 is 30.2 Å². The second kappa shape index (κ2) is 10.4. The fourth-order valence-electron chi connectivity index (χ4n) is 3.68. The molecule has 0 spiro atoms. The molecule has 1 aromatic carbocycles. The van der Waals surface area contributed by atoms with Gasteiger partial charge in [-0.2, -0.15) is 0 Å². The number of nitrogens with zero attached hydrogens (tertiary/aromatic N) is 5. The molecule has 1 unspecified atom stereocenters. The summed E-state index contributed by atoms with van der Waals surface area (Å²) in [4.78, 5) is 29.4. The van der Waals surface area contributed by atoms with Crippen molar-refractivity contribution >= 4 is 46.0 Å². The first-order chi connectivity index (χ1) is 17.8. The van der Waals surface area contributed by atoms with Gasteiger partial charge in [-0.25, -0.2) is 19.9 Å². The van der Waals surface area contributed by atoms with E-state index in [1.807, 2.05) is 34.2 Å². The third-order valence-electron chi connectivity index (χ3n) is 5.51.